The maximum absolute atomic E-state index is 13.1. The molecule has 0 atom stereocenters. The van der Waals surface area contributed by atoms with Gasteiger partial charge in [0.1, 0.15) is 0 Å². The minimum absolute atomic E-state index is 0.0329. The first-order valence-corrected chi connectivity index (χ1v) is 9.76. The van der Waals surface area contributed by atoms with E-state index in [0.29, 0.717) is 18.9 Å². The number of thioether (sulfide) groups is 1. The lowest BCUT2D eigenvalue weighted by Crippen LogP contribution is -2.57. The molecule has 2 aliphatic rings. The van der Waals surface area contributed by atoms with E-state index in [9.17, 15) is 18.0 Å². The molecule has 4 rings (SSSR count). The Balaban J connectivity index is 1.65. The molecule has 2 amide bonds. The van der Waals surface area contributed by atoms with E-state index in [1.54, 1.807) is 12.1 Å². The number of carbonyl (C=O) groups excluding carboxylic acids is 1. The molecule has 1 saturated heterocycles. The fourth-order valence-electron chi connectivity index (χ4n) is 3.09. The van der Waals surface area contributed by atoms with Crippen LogP contribution in [0, 0.1) is 5.41 Å². The second kappa shape index (κ2) is 6.93. The second-order valence-corrected chi connectivity index (χ2v) is 8.84. The van der Waals surface area contributed by atoms with Gasteiger partial charge in [-0.05, 0) is 42.1 Å². The molecule has 9 heteroatoms. The Morgan fingerprint density at radius 3 is 2.48 bits per heavy atom. The SMILES string of the molecule is CC1(C)COC2(OC1)Sc1ccccc1N2C(=O)Nc1cccc(C(F)(F)F)c1. The summed E-state index contributed by atoms with van der Waals surface area (Å²) in [6, 6.07) is 11.1. The van der Waals surface area contributed by atoms with Crippen molar-refractivity contribution in [2.24, 2.45) is 5.41 Å². The zero-order valence-corrected chi connectivity index (χ0v) is 16.6. The van der Waals surface area contributed by atoms with Crippen LogP contribution in [-0.2, 0) is 15.7 Å². The van der Waals surface area contributed by atoms with Gasteiger partial charge in [0.2, 0.25) is 0 Å². The fourth-order valence-corrected chi connectivity index (χ4v) is 4.29. The number of carbonyl (C=O) groups is 1. The summed E-state index contributed by atoms with van der Waals surface area (Å²) in [5, 5.41) is 1.15. The van der Waals surface area contributed by atoms with Crippen LogP contribution in [0.15, 0.2) is 53.4 Å². The van der Waals surface area contributed by atoms with Crippen molar-refractivity contribution in [1.82, 2.24) is 0 Å². The molecular weight excluding hydrogens is 405 g/mol. The molecule has 1 N–H and O–H groups in total. The molecule has 2 aromatic rings. The summed E-state index contributed by atoms with van der Waals surface area (Å²) < 4.78 is 51.0. The first-order valence-electron chi connectivity index (χ1n) is 8.94. The van der Waals surface area contributed by atoms with Crippen LogP contribution in [0.25, 0.3) is 0 Å². The minimum Gasteiger partial charge on any atom is -0.323 e. The third-order valence-corrected chi connectivity index (χ3v) is 5.80. The van der Waals surface area contributed by atoms with Gasteiger partial charge < -0.3 is 14.8 Å². The first-order chi connectivity index (χ1) is 13.6. The summed E-state index contributed by atoms with van der Waals surface area (Å²) in [4.78, 5) is 15.2. The number of halogens is 3. The second-order valence-electron chi connectivity index (χ2n) is 7.68. The lowest BCUT2D eigenvalue weighted by atomic mass is 9.96. The molecule has 154 valence electrons. The van der Waals surface area contributed by atoms with Crippen molar-refractivity contribution in [1.29, 1.82) is 0 Å². The third-order valence-electron chi connectivity index (χ3n) is 4.55. The van der Waals surface area contributed by atoms with Gasteiger partial charge in [-0.1, -0.05) is 32.0 Å². The van der Waals surface area contributed by atoms with Gasteiger partial charge in [0.05, 0.1) is 24.5 Å². The molecule has 1 fully saturated rings. The summed E-state index contributed by atoms with van der Waals surface area (Å²) in [6.07, 6.45) is -4.50. The Labute approximate surface area is 170 Å². The summed E-state index contributed by atoms with van der Waals surface area (Å²) in [5.74, 6) is 0. The molecule has 2 aromatic carbocycles. The van der Waals surface area contributed by atoms with E-state index in [1.807, 2.05) is 26.0 Å². The van der Waals surface area contributed by atoms with Gasteiger partial charge in [0, 0.05) is 16.0 Å². The molecule has 1 spiro atoms. The van der Waals surface area contributed by atoms with Crippen LogP contribution in [0.4, 0.5) is 29.3 Å². The standard InChI is InChI=1S/C20H19F3N2O3S/c1-18(2)11-27-20(28-12-18)25(15-8-3-4-9-16(15)29-20)17(26)24-14-7-5-6-13(10-14)19(21,22)23/h3-10H,11-12H2,1-2H3,(H,24,26). The van der Waals surface area contributed by atoms with Gasteiger partial charge in [-0.15, -0.1) is 0 Å². The van der Waals surface area contributed by atoms with Crippen LogP contribution in [0.1, 0.15) is 19.4 Å². The number of para-hydroxylation sites is 1. The Morgan fingerprint density at radius 1 is 1.10 bits per heavy atom. The zero-order chi connectivity index (χ0) is 20.9. The average Bonchev–Trinajstić information content (AvgIpc) is 2.98. The number of urea groups is 1. The number of amides is 2. The van der Waals surface area contributed by atoms with E-state index in [0.717, 1.165) is 17.0 Å². The van der Waals surface area contributed by atoms with Crippen LogP contribution in [0.5, 0.6) is 0 Å². The number of hydrogen-bond donors (Lipinski definition) is 1. The van der Waals surface area contributed by atoms with Gasteiger partial charge in [0.15, 0.2) is 0 Å². The van der Waals surface area contributed by atoms with E-state index in [1.165, 1.54) is 28.8 Å². The predicted octanol–water partition coefficient (Wildman–Crippen LogP) is 5.53. The molecular formula is C20H19F3N2O3S. The summed E-state index contributed by atoms with van der Waals surface area (Å²) >= 11 is 1.26. The maximum Gasteiger partial charge on any atom is 0.416 e. The molecule has 0 radical (unpaired) electrons. The Morgan fingerprint density at radius 2 is 1.79 bits per heavy atom. The monoisotopic (exact) mass is 424 g/mol. The Hall–Kier alpha value is -2.23. The summed E-state index contributed by atoms with van der Waals surface area (Å²) in [7, 11) is 0. The van der Waals surface area contributed by atoms with Gasteiger partial charge in [-0.2, -0.15) is 13.2 Å². The molecule has 0 bridgehead atoms. The van der Waals surface area contributed by atoms with Crippen LogP contribution < -0.4 is 10.2 Å². The lowest BCUT2D eigenvalue weighted by Gasteiger charge is -2.44. The molecule has 5 nitrogen and oxygen atoms in total. The van der Waals surface area contributed by atoms with Gasteiger partial charge in [-0.25, -0.2) is 9.69 Å². The van der Waals surface area contributed by atoms with Gasteiger partial charge in [-0.3, -0.25) is 0 Å². The first kappa shape index (κ1) is 20.1. The molecule has 0 aromatic heterocycles. The minimum atomic E-state index is -4.50. The van der Waals surface area contributed by atoms with Crippen LogP contribution in [0.3, 0.4) is 0 Å². The highest BCUT2D eigenvalue weighted by Crippen LogP contribution is 2.54. The topological polar surface area (TPSA) is 50.8 Å². The third kappa shape index (κ3) is 3.82. The number of hydrogen-bond acceptors (Lipinski definition) is 4. The van der Waals surface area contributed by atoms with Crippen molar-refractivity contribution in [3.63, 3.8) is 0 Å². The Bertz CT molecular complexity index is 939. The van der Waals surface area contributed by atoms with Crippen LogP contribution in [0.2, 0.25) is 0 Å². The van der Waals surface area contributed by atoms with Crippen molar-refractivity contribution >= 4 is 29.2 Å². The number of alkyl halides is 3. The number of rotatable bonds is 1. The van der Waals surface area contributed by atoms with Gasteiger partial charge in [0.25, 0.3) is 0 Å². The molecule has 0 unspecified atom stereocenters. The van der Waals surface area contributed by atoms with Crippen molar-refractivity contribution in [3.05, 3.63) is 54.1 Å². The van der Waals surface area contributed by atoms with E-state index in [-0.39, 0.29) is 11.1 Å². The number of anilines is 2. The normalized spacial score (nSPS) is 19.8. The highest BCUT2D eigenvalue weighted by Gasteiger charge is 2.54. The molecule has 0 aliphatic carbocycles. The van der Waals surface area contributed by atoms with E-state index in [4.69, 9.17) is 9.47 Å². The zero-order valence-electron chi connectivity index (χ0n) is 15.7. The largest absolute Gasteiger partial charge is 0.416 e. The quantitative estimate of drug-likeness (QED) is 0.654. The average molecular weight is 424 g/mol. The van der Waals surface area contributed by atoms with E-state index < -0.39 is 23.0 Å². The molecule has 29 heavy (non-hydrogen) atoms. The van der Waals surface area contributed by atoms with Crippen molar-refractivity contribution in [2.75, 3.05) is 23.4 Å². The fraction of sp³-hybridized carbons (Fsp3) is 0.350. The maximum atomic E-state index is 13.1. The van der Waals surface area contributed by atoms with Crippen molar-refractivity contribution in [2.45, 2.75) is 30.2 Å². The summed E-state index contributed by atoms with van der Waals surface area (Å²) in [5.41, 5.74) is -0.454. The lowest BCUT2D eigenvalue weighted by molar-refractivity contribution is -0.238. The van der Waals surface area contributed by atoms with Crippen LogP contribution >= 0.6 is 11.8 Å². The summed E-state index contributed by atoms with van der Waals surface area (Å²) in [6.45, 7) is 4.70. The highest BCUT2D eigenvalue weighted by atomic mass is 32.2. The van der Waals surface area contributed by atoms with Gasteiger partial charge >= 0.3 is 17.5 Å². The van der Waals surface area contributed by atoms with Crippen molar-refractivity contribution in [3.8, 4) is 0 Å². The molecule has 2 heterocycles. The number of nitrogens with one attached hydrogen (secondary N) is 1. The number of ether oxygens (including phenoxy) is 2. The Kier molecular flexibility index (Phi) is 4.79. The smallest absolute Gasteiger partial charge is 0.323 e. The molecule has 0 saturated carbocycles. The highest BCUT2D eigenvalue weighted by molar-refractivity contribution is 8.01. The van der Waals surface area contributed by atoms with Crippen molar-refractivity contribution < 1.29 is 27.4 Å². The van der Waals surface area contributed by atoms with E-state index >= 15 is 0 Å². The number of benzene rings is 2. The number of nitrogens with zero attached hydrogens (tertiary/aromatic N) is 1. The molecule has 2 aliphatic heterocycles. The number of fused-ring (bicyclic) bond motifs is 1. The van der Waals surface area contributed by atoms with Crippen LogP contribution in [-0.4, -0.2) is 24.5 Å². The van der Waals surface area contributed by atoms with E-state index in [2.05, 4.69) is 5.32 Å². The predicted molar refractivity (Wildman–Crippen MR) is 104 cm³/mol.